The number of nitrogens with zero attached hydrogens (tertiary/aromatic N) is 6. The third kappa shape index (κ3) is 7.09. The lowest BCUT2D eigenvalue weighted by atomic mass is 10.0. The molecule has 1 amide bonds. The van der Waals surface area contributed by atoms with Crippen LogP contribution in [0.1, 0.15) is 49.3 Å². The number of phenols is 1. The molecule has 2 aliphatic heterocycles. The molecule has 8 rings (SSSR count). The first kappa shape index (κ1) is 33.8. The zero-order valence-electron chi connectivity index (χ0n) is 29.5. The molecule has 5 heterocycles. The van der Waals surface area contributed by atoms with Gasteiger partial charge in [0.15, 0.2) is 5.82 Å². The van der Waals surface area contributed by atoms with Gasteiger partial charge in [-0.05, 0) is 79.3 Å². The van der Waals surface area contributed by atoms with E-state index >= 15 is 0 Å². The second-order valence-corrected chi connectivity index (χ2v) is 14.2. The van der Waals surface area contributed by atoms with Gasteiger partial charge in [0, 0.05) is 73.8 Å². The number of nitrogen functional groups attached to an aromatic ring is 1. The summed E-state index contributed by atoms with van der Waals surface area (Å²) in [5.41, 5.74) is 14.1. The molecule has 0 aliphatic carbocycles. The summed E-state index contributed by atoms with van der Waals surface area (Å²) in [7, 11) is 0. The number of benzene rings is 3. The van der Waals surface area contributed by atoms with Gasteiger partial charge in [0.25, 0.3) is 0 Å². The number of nitrogens with two attached hydrogens (primary N) is 1. The number of anilines is 1. The molecule has 0 spiro atoms. The molecule has 1 atom stereocenters. The number of para-hydroxylation sites is 2. The summed E-state index contributed by atoms with van der Waals surface area (Å²) in [5.74, 6) is 0.679. The molecule has 4 N–H and O–H groups in total. The summed E-state index contributed by atoms with van der Waals surface area (Å²) >= 11 is 0. The van der Waals surface area contributed by atoms with Gasteiger partial charge >= 0.3 is 0 Å². The summed E-state index contributed by atoms with van der Waals surface area (Å²) in [4.78, 5) is 21.9. The van der Waals surface area contributed by atoms with Crippen molar-refractivity contribution in [3.8, 4) is 28.1 Å². The first-order valence-electron chi connectivity index (χ1n) is 18.6. The van der Waals surface area contributed by atoms with Crippen LogP contribution in [0, 0.1) is 0 Å². The van der Waals surface area contributed by atoms with Gasteiger partial charge in [0.2, 0.25) is 5.91 Å². The Morgan fingerprint density at radius 3 is 2.44 bits per heavy atom. The molecular formula is C42H46N8O2. The summed E-state index contributed by atoms with van der Waals surface area (Å²) in [6, 6.07) is 28.6. The van der Waals surface area contributed by atoms with Crippen molar-refractivity contribution in [2.24, 2.45) is 0 Å². The Morgan fingerprint density at radius 1 is 0.846 bits per heavy atom. The summed E-state index contributed by atoms with van der Waals surface area (Å²) < 4.78 is 2.37. The van der Waals surface area contributed by atoms with Crippen LogP contribution < -0.4 is 11.1 Å². The average Bonchev–Trinajstić information content (AvgIpc) is 3.52. The number of carbonyl (C=O) groups is 1. The van der Waals surface area contributed by atoms with Crippen LogP contribution in [0.4, 0.5) is 5.82 Å². The fourth-order valence-electron chi connectivity index (χ4n) is 7.99. The number of rotatable bonds is 11. The molecule has 6 aromatic rings. The minimum atomic E-state index is 0.142. The topological polar surface area (TPSA) is 125 Å². The van der Waals surface area contributed by atoms with Gasteiger partial charge < -0.3 is 25.6 Å². The van der Waals surface area contributed by atoms with Crippen LogP contribution in [0.2, 0.25) is 0 Å². The zero-order valence-corrected chi connectivity index (χ0v) is 29.5. The molecule has 2 saturated heterocycles. The van der Waals surface area contributed by atoms with Gasteiger partial charge in [-0.2, -0.15) is 0 Å². The van der Waals surface area contributed by atoms with Crippen LogP contribution >= 0.6 is 0 Å². The molecule has 10 heteroatoms. The number of carbonyl (C=O) groups excluding carboxylic acids is 1. The fraction of sp³-hybridized carbons (Fsp3) is 0.333. The number of aryl methyl sites for hydroxylation is 1. The maximum atomic E-state index is 11.9. The van der Waals surface area contributed by atoms with Crippen molar-refractivity contribution < 1.29 is 9.90 Å². The van der Waals surface area contributed by atoms with Gasteiger partial charge in [-0.1, -0.05) is 61.0 Å². The van der Waals surface area contributed by atoms with Crippen LogP contribution in [-0.4, -0.2) is 79.8 Å². The van der Waals surface area contributed by atoms with E-state index in [0.717, 1.165) is 75.3 Å². The molecule has 2 fully saturated rings. The maximum Gasteiger partial charge on any atom is 0.220 e. The normalized spacial score (nSPS) is 17.2. The molecule has 2 aliphatic rings. The summed E-state index contributed by atoms with van der Waals surface area (Å²) in [6.07, 6.45) is 7.99. The molecular weight excluding hydrogens is 649 g/mol. The van der Waals surface area contributed by atoms with E-state index in [2.05, 4.69) is 84.5 Å². The number of nitrogens with one attached hydrogen (secondary N) is 1. The monoisotopic (exact) mass is 694 g/mol. The van der Waals surface area contributed by atoms with E-state index in [4.69, 9.17) is 10.7 Å². The molecule has 3 aromatic carbocycles. The second kappa shape index (κ2) is 15.1. The second-order valence-electron chi connectivity index (χ2n) is 14.2. The van der Waals surface area contributed by atoms with Crippen LogP contribution in [0.3, 0.4) is 0 Å². The molecule has 1 unspecified atom stereocenters. The molecule has 0 saturated carbocycles. The maximum absolute atomic E-state index is 11.9. The Balaban J connectivity index is 0.814. The summed E-state index contributed by atoms with van der Waals surface area (Å²) in [6.45, 7) is 7.05. The molecule has 0 radical (unpaired) electrons. The van der Waals surface area contributed by atoms with Gasteiger partial charge in [-0.15, -0.1) is 10.2 Å². The van der Waals surface area contributed by atoms with Gasteiger partial charge in [0.05, 0.1) is 17.3 Å². The van der Waals surface area contributed by atoms with E-state index in [0.29, 0.717) is 30.0 Å². The Kier molecular flexibility index (Phi) is 9.82. The van der Waals surface area contributed by atoms with Gasteiger partial charge in [0.1, 0.15) is 11.4 Å². The van der Waals surface area contributed by atoms with E-state index in [1.165, 1.54) is 40.3 Å². The Morgan fingerprint density at radius 2 is 1.63 bits per heavy atom. The average molecular weight is 695 g/mol. The number of aromatic hydroxyl groups is 1. The number of aromatic nitrogens is 4. The van der Waals surface area contributed by atoms with Gasteiger partial charge in [-0.3, -0.25) is 9.69 Å². The lowest BCUT2D eigenvalue weighted by molar-refractivity contribution is -0.122. The van der Waals surface area contributed by atoms with Crippen molar-refractivity contribution in [3.63, 3.8) is 0 Å². The van der Waals surface area contributed by atoms with Crippen LogP contribution in [0.5, 0.6) is 5.75 Å². The number of piperidine rings is 1. The lowest BCUT2D eigenvalue weighted by Gasteiger charge is -2.34. The van der Waals surface area contributed by atoms with Crippen LogP contribution in [0.25, 0.3) is 44.3 Å². The predicted molar refractivity (Wildman–Crippen MR) is 207 cm³/mol. The van der Waals surface area contributed by atoms with Crippen LogP contribution in [-0.2, 0) is 17.8 Å². The number of hydrogen-bond donors (Lipinski definition) is 3. The minimum Gasteiger partial charge on any atom is -0.507 e. The van der Waals surface area contributed by atoms with Crippen molar-refractivity contribution in [2.75, 3.05) is 45.0 Å². The number of piperazine rings is 1. The van der Waals surface area contributed by atoms with Crippen LogP contribution in [0.15, 0.2) is 91.1 Å². The molecule has 266 valence electrons. The Bertz CT molecular complexity index is 2180. The zero-order chi connectivity index (χ0) is 35.4. The Hall–Kier alpha value is -5.32. The van der Waals surface area contributed by atoms with Crippen molar-refractivity contribution in [2.45, 2.75) is 51.1 Å². The highest BCUT2D eigenvalue weighted by molar-refractivity contribution is 6.08. The molecule has 52 heavy (non-hydrogen) atoms. The lowest BCUT2D eigenvalue weighted by Crippen LogP contribution is -2.46. The fourth-order valence-corrected chi connectivity index (χ4v) is 7.99. The smallest absolute Gasteiger partial charge is 0.220 e. The highest BCUT2D eigenvalue weighted by Crippen LogP contribution is 2.36. The van der Waals surface area contributed by atoms with Crippen molar-refractivity contribution in [1.82, 2.24) is 34.9 Å². The van der Waals surface area contributed by atoms with Crippen molar-refractivity contribution >= 4 is 33.7 Å². The third-order valence-corrected chi connectivity index (χ3v) is 10.8. The number of hydrogen-bond acceptors (Lipinski definition) is 8. The number of fused-ring (bicyclic) bond motifs is 3. The molecule has 3 aromatic heterocycles. The first-order valence-corrected chi connectivity index (χ1v) is 18.6. The largest absolute Gasteiger partial charge is 0.507 e. The first-order chi connectivity index (χ1) is 25.5. The van der Waals surface area contributed by atoms with Crippen molar-refractivity contribution in [1.29, 1.82) is 0 Å². The SMILES string of the molecule is Nc1nnc(-c2ccccc2O)cc1-c1ccc(CN2CCN(CCCCCc3ccnc4c3c3ccccc3n4C3CCC(=O)NC3)CC2)cc1. The standard InChI is InChI=1S/C42H46N8O2/c43-41-35(26-36(46-47-41)33-9-4-6-12-38(33)51)30-15-13-29(14-16-30)28-49-24-22-48(23-25-49)21-7-1-2-8-31-19-20-44-42-40(31)34-10-3-5-11-37(34)50(42)32-17-18-39(52)45-27-32/h3-6,9-16,19-20,26,32,51H,1-2,7-8,17-18,21-25,27-28H2,(H2,43,47)(H,45,52). The van der Waals surface area contributed by atoms with E-state index in [1.54, 1.807) is 12.1 Å². The summed E-state index contributed by atoms with van der Waals surface area (Å²) in [5, 5.41) is 24.3. The number of amides is 1. The number of phenolic OH excluding ortho intramolecular Hbond substituents is 1. The molecule has 10 nitrogen and oxygen atoms in total. The third-order valence-electron chi connectivity index (χ3n) is 10.8. The van der Waals surface area contributed by atoms with Crippen molar-refractivity contribution in [3.05, 3.63) is 102 Å². The number of pyridine rings is 1. The predicted octanol–water partition coefficient (Wildman–Crippen LogP) is 6.58. The highest BCUT2D eigenvalue weighted by atomic mass is 16.3. The van der Waals surface area contributed by atoms with E-state index in [9.17, 15) is 9.90 Å². The van der Waals surface area contributed by atoms with E-state index in [-0.39, 0.29) is 17.7 Å². The number of unbranched alkanes of at least 4 members (excludes halogenated alkanes) is 2. The quantitative estimate of drug-likeness (QED) is 0.130. The minimum absolute atomic E-state index is 0.142. The van der Waals surface area contributed by atoms with Gasteiger partial charge in [-0.25, -0.2) is 4.98 Å². The van der Waals surface area contributed by atoms with E-state index in [1.807, 2.05) is 24.4 Å². The van der Waals surface area contributed by atoms with E-state index < -0.39 is 0 Å². The highest BCUT2D eigenvalue weighted by Gasteiger charge is 2.25. The molecule has 0 bridgehead atoms. The Labute approximate surface area is 304 Å².